The molecule has 1 aromatic heterocycles. The van der Waals surface area contributed by atoms with Crippen molar-refractivity contribution in [3.63, 3.8) is 0 Å². The summed E-state index contributed by atoms with van der Waals surface area (Å²) in [7, 11) is 1.53. The number of alkyl halides is 3. The van der Waals surface area contributed by atoms with Gasteiger partial charge >= 0.3 is 6.18 Å². The highest BCUT2D eigenvalue weighted by Crippen LogP contribution is 2.42. The van der Waals surface area contributed by atoms with Gasteiger partial charge in [-0.25, -0.2) is 4.98 Å². The summed E-state index contributed by atoms with van der Waals surface area (Å²) >= 11 is 0. The molecule has 3 N–H and O–H groups in total. The van der Waals surface area contributed by atoms with Gasteiger partial charge in [0.2, 0.25) is 11.9 Å². The fourth-order valence-corrected chi connectivity index (χ4v) is 2.76. The second-order valence-electron chi connectivity index (χ2n) is 6.09. The van der Waals surface area contributed by atoms with E-state index >= 15 is 0 Å². The van der Waals surface area contributed by atoms with E-state index in [1.807, 2.05) is 0 Å². The van der Waals surface area contributed by atoms with E-state index in [1.165, 1.54) is 7.05 Å². The molecule has 29 heavy (non-hydrogen) atoms. The van der Waals surface area contributed by atoms with Crippen LogP contribution in [-0.2, 0) is 17.4 Å². The third kappa shape index (κ3) is 4.61. The van der Waals surface area contributed by atoms with E-state index in [0.29, 0.717) is 36.0 Å². The van der Waals surface area contributed by atoms with E-state index in [1.54, 1.807) is 19.1 Å². The number of anilines is 3. The molecule has 0 atom stereocenters. The number of ether oxygens (including phenoxy) is 2. The minimum Gasteiger partial charge on any atom is -0.486 e. The van der Waals surface area contributed by atoms with Crippen molar-refractivity contribution in [1.82, 2.24) is 15.3 Å². The molecule has 1 amide bonds. The molecule has 8 nitrogen and oxygen atoms in total. The zero-order valence-corrected chi connectivity index (χ0v) is 15.8. The summed E-state index contributed by atoms with van der Waals surface area (Å²) in [5.74, 6) is 0.211. The first-order valence-electron chi connectivity index (χ1n) is 8.90. The van der Waals surface area contributed by atoms with Crippen molar-refractivity contribution in [1.29, 1.82) is 0 Å². The summed E-state index contributed by atoms with van der Waals surface area (Å²) in [6, 6.07) is 3.32. The minimum absolute atomic E-state index is 0.0376. The fourth-order valence-electron chi connectivity index (χ4n) is 2.76. The summed E-state index contributed by atoms with van der Waals surface area (Å²) in [4.78, 5) is 19.4. The number of nitrogens with one attached hydrogen (secondary N) is 3. The lowest BCUT2D eigenvalue weighted by molar-refractivity contribution is -0.137. The van der Waals surface area contributed by atoms with Gasteiger partial charge in [-0.15, -0.1) is 0 Å². The highest BCUT2D eigenvalue weighted by molar-refractivity contribution is 5.81. The number of fused-ring (bicyclic) bond motifs is 1. The Hall–Kier alpha value is -3.24. The van der Waals surface area contributed by atoms with Crippen molar-refractivity contribution in [3.8, 4) is 11.5 Å². The molecule has 0 bridgehead atoms. The van der Waals surface area contributed by atoms with Gasteiger partial charge in [0.25, 0.3) is 0 Å². The fraction of sp³-hybridized carbons (Fsp3) is 0.389. The van der Waals surface area contributed by atoms with Crippen LogP contribution in [0.3, 0.4) is 0 Å². The van der Waals surface area contributed by atoms with Crippen molar-refractivity contribution in [3.05, 3.63) is 29.5 Å². The molecule has 1 aliphatic rings. The number of rotatable bonds is 6. The average molecular weight is 411 g/mol. The summed E-state index contributed by atoms with van der Waals surface area (Å²) in [5.41, 5.74) is 0.0984. The van der Waals surface area contributed by atoms with Gasteiger partial charge in [0.05, 0.1) is 12.1 Å². The number of amides is 1. The van der Waals surface area contributed by atoms with Gasteiger partial charge in [-0.3, -0.25) is 4.79 Å². The van der Waals surface area contributed by atoms with Crippen molar-refractivity contribution in [2.75, 3.05) is 37.4 Å². The van der Waals surface area contributed by atoms with E-state index in [4.69, 9.17) is 9.47 Å². The van der Waals surface area contributed by atoms with Crippen molar-refractivity contribution >= 4 is 23.4 Å². The number of aromatic nitrogens is 2. The molecule has 11 heteroatoms. The van der Waals surface area contributed by atoms with Crippen LogP contribution in [0.4, 0.5) is 30.6 Å². The number of carbonyl (C=O) groups is 1. The molecule has 156 valence electrons. The average Bonchev–Trinajstić information content (AvgIpc) is 2.69. The van der Waals surface area contributed by atoms with Gasteiger partial charge in [0, 0.05) is 25.4 Å². The molecule has 3 rings (SSSR count). The van der Waals surface area contributed by atoms with E-state index in [2.05, 4.69) is 25.9 Å². The Morgan fingerprint density at radius 1 is 1.21 bits per heavy atom. The Kier molecular flexibility index (Phi) is 5.95. The summed E-state index contributed by atoms with van der Waals surface area (Å²) in [6.07, 6.45) is -3.76. The standard InChI is InChI=1S/C18H20F3N5O3/c1-3-23-16-11(18(19,20)21)9-24-17(26-16)25-12-5-4-10(8-13(27)22-2)14-15(12)29-7-6-28-14/h4-5,9H,3,6-8H2,1-2H3,(H,22,27)(H2,23,24,25,26). The largest absolute Gasteiger partial charge is 0.486 e. The lowest BCUT2D eigenvalue weighted by Crippen LogP contribution is -2.22. The molecule has 0 spiro atoms. The smallest absolute Gasteiger partial charge is 0.421 e. The Bertz CT molecular complexity index is 905. The van der Waals surface area contributed by atoms with Gasteiger partial charge in [-0.1, -0.05) is 6.07 Å². The highest BCUT2D eigenvalue weighted by Gasteiger charge is 2.35. The third-order valence-electron chi connectivity index (χ3n) is 4.08. The maximum atomic E-state index is 13.1. The Balaban J connectivity index is 1.94. The number of nitrogens with zero attached hydrogens (tertiary/aromatic N) is 2. The van der Waals surface area contributed by atoms with Crippen LogP contribution in [0.15, 0.2) is 18.3 Å². The summed E-state index contributed by atoms with van der Waals surface area (Å²) in [5, 5.41) is 8.01. The van der Waals surface area contributed by atoms with Gasteiger partial charge < -0.3 is 25.4 Å². The van der Waals surface area contributed by atoms with Crippen molar-refractivity contribution < 1.29 is 27.4 Å². The molecule has 0 aliphatic carbocycles. The number of halogens is 3. The molecular formula is C18H20F3N5O3. The van der Waals surface area contributed by atoms with Crippen LogP contribution in [0.1, 0.15) is 18.1 Å². The normalized spacial score (nSPS) is 13.0. The van der Waals surface area contributed by atoms with Crippen LogP contribution in [0.2, 0.25) is 0 Å². The van der Waals surface area contributed by atoms with Gasteiger partial charge in [0.15, 0.2) is 11.5 Å². The third-order valence-corrected chi connectivity index (χ3v) is 4.08. The summed E-state index contributed by atoms with van der Waals surface area (Å²) < 4.78 is 50.7. The second-order valence-corrected chi connectivity index (χ2v) is 6.09. The van der Waals surface area contributed by atoms with Gasteiger partial charge in [0.1, 0.15) is 24.6 Å². The SMILES string of the molecule is CCNc1nc(Nc2ccc(CC(=O)NC)c3c2OCCO3)ncc1C(F)(F)F. The predicted octanol–water partition coefficient (Wildman–Crippen LogP) is 2.73. The maximum Gasteiger partial charge on any atom is 0.421 e. The quantitative estimate of drug-likeness (QED) is 0.673. The topological polar surface area (TPSA) is 97.4 Å². The zero-order chi connectivity index (χ0) is 21.0. The Morgan fingerprint density at radius 2 is 1.93 bits per heavy atom. The van der Waals surface area contributed by atoms with E-state index in [0.717, 1.165) is 6.20 Å². The summed E-state index contributed by atoms with van der Waals surface area (Å²) in [6.45, 7) is 2.54. The molecule has 0 saturated heterocycles. The molecule has 1 aromatic carbocycles. The van der Waals surface area contributed by atoms with Crippen LogP contribution >= 0.6 is 0 Å². The van der Waals surface area contributed by atoms with Crippen LogP contribution < -0.4 is 25.4 Å². The van der Waals surface area contributed by atoms with Crippen molar-refractivity contribution in [2.45, 2.75) is 19.5 Å². The molecular weight excluding hydrogens is 391 g/mol. The number of hydrogen-bond donors (Lipinski definition) is 3. The highest BCUT2D eigenvalue weighted by atomic mass is 19.4. The van der Waals surface area contributed by atoms with E-state index < -0.39 is 11.7 Å². The first-order chi connectivity index (χ1) is 13.8. The molecule has 0 saturated carbocycles. The van der Waals surface area contributed by atoms with Crippen LogP contribution in [0.5, 0.6) is 11.5 Å². The monoisotopic (exact) mass is 411 g/mol. The Labute approximate surface area is 164 Å². The lowest BCUT2D eigenvalue weighted by Gasteiger charge is -2.24. The minimum atomic E-state index is -4.58. The molecule has 1 aliphatic heterocycles. The van der Waals surface area contributed by atoms with Crippen LogP contribution in [0.25, 0.3) is 0 Å². The van der Waals surface area contributed by atoms with Gasteiger partial charge in [-0.2, -0.15) is 18.2 Å². The van der Waals surface area contributed by atoms with E-state index in [9.17, 15) is 18.0 Å². The van der Waals surface area contributed by atoms with Crippen LogP contribution in [-0.4, -0.2) is 42.7 Å². The maximum absolute atomic E-state index is 13.1. The number of hydrogen-bond acceptors (Lipinski definition) is 7. The Morgan fingerprint density at radius 3 is 2.59 bits per heavy atom. The first-order valence-corrected chi connectivity index (χ1v) is 8.90. The van der Waals surface area contributed by atoms with Gasteiger partial charge in [-0.05, 0) is 13.0 Å². The van der Waals surface area contributed by atoms with E-state index in [-0.39, 0.29) is 30.6 Å². The van der Waals surface area contributed by atoms with Crippen molar-refractivity contribution in [2.24, 2.45) is 0 Å². The molecule has 2 heterocycles. The van der Waals surface area contributed by atoms with Crippen LogP contribution in [0, 0.1) is 0 Å². The molecule has 0 unspecified atom stereocenters. The lowest BCUT2D eigenvalue weighted by atomic mass is 10.1. The second kappa shape index (κ2) is 8.41. The predicted molar refractivity (Wildman–Crippen MR) is 99.7 cm³/mol. The molecule has 0 radical (unpaired) electrons. The zero-order valence-electron chi connectivity index (χ0n) is 15.8. The molecule has 0 fully saturated rings. The number of likely N-dealkylation sites (N-methyl/N-ethyl adjacent to an activating group) is 1. The first kappa shape index (κ1) is 20.5. The number of benzene rings is 1. The number of carbonyl (C=O) groups excluding carboxylic acids is 1. The molecule has 2 aromatic rings.